The van der Waals surface area contributed by atoms with Crippen molar-refractivity contribution in [3.05, 3.63) is 328 Å². The molecule has 1 aromatic heterocycles. The van der Waals surface area contributed by atoms with Crippen LogP contribution in [0.5, 0.6) is 0 Å². The van der Waals surface area contributed by atoms with Crippen LogP contribution in [0.25, 0.3) is 122 Å². The van der Waals surface area contributed by atoms with E-state index in [-0.39, 0.29) is 6.71 Å². The first-order valence-electron chi connectivity index (χ1n) is 31.2. The second kappa shape index (κ2) is 21.4. The van der Waals surface area contributed by atoms with E-state index in [1.807, 2.05) is 0 Å². The first-order valence-corrected chi connectivity index (χ1v) is 31.2. The lowest BCUT2D eigenvalue weighted by atomic mass is 9.33. The minimum atomic E-state index is -0.172. The summed E-state index contributed by atoms with van der Waals surface area (Å²) in [6.45, 7) is -0.172. The lowest BCUT2D eigenvalue weighted by molar-refractivity contribution is 1.07. The van der Waals surface area contributed by atoms with E-state index in [2.05, 4.69) is 337 Å². The lowest BCUT2D eigenvalue weighted by Gasteiger charge is -2.44. The van der Waals surface area contributed by atoms with Crippen molar-refractivity contribution in [2.75, 3.05) is 9.80 Å². The van der Waals surface area contributed by atoms with Crippen LogP contribution >= 0.6 is 0 Å². The Labute approximate surface area is 528 Å². The zero-order chi connectivity index (χ0) is 59.9. The van der Waals surface area contributed by atoms with Crippen LogP contribution in [0.3, 0.4) is 0 Å². The Morgan fingerprint density at radius 1 is 0.209 bits per heavy atom. The Morgan fingerprint density at radius 3 is 0.868 bits per heavy atom. The molecule has 0 N–H and O–H groups in total. The number of rotatable bonds is 9. The van der Waals surface area contributed by atoms with Crippen molar-refractivity contribution >= 4 is 100 Å². The quantitative estimate of drug-likeness (QED) is 0.106. The molecule has 2 aliphatic rings. The fourth-order valence-corrected chi connectivity index (χ4v) is 14.3. The van der Waals surface area contributed by atoms with Gasteiger partial charge in [-0.1, -0.05) is 243 Å². The third-order valence-corrected chi connectivity index (χ3v) is 18.5. The maximum atomic E-state index is 5.77. The average Bonchev–Trinajstić information content (AvgIpc) is 0.700. The fourth-order valence-electron chi connectivity index (χ4n) is 14.3. The van der Waals surface area contributed by atoms with E-state index in [0.29, 0.717) is 17.5 Å². The van der Waals surface area contributed by atoms with Crippen LogP contribution in [0.1, 0.15) is 0 Å². The van der Waals surface area contributed by atoms with Crippen LogP contribution in [-0.2, 0) is 0 Å². The molecule has 16 aromatic rings. The van der Waals surface area contributed by atoms with Crippen molar-refractivity contribution in [2.24, 2.45) is 0 Å². The number of anilines is 6. The highest BCUT2D eigenvalue weighted by molar-refractivity contribution is 7.00. The number of fused-ring (bicyclic) bond motifs is 10. The third-order valence-electron chi connectivity index (χ3n) is 18.5. The van der Waals surface area contributed by atoms with Crippen LogP contribution in [0, 0.1) is 0 Å². The number of aromatic nitrogens is 3. The van der Waals surface area contributed by atoms with E-state index in [1.165, 1.54) is 59.5 Å². The van der Waals surface area contributed by atoms with Crippen molar-refractivity contribution in [3.8, 4) is 78.7 Å². The summed E-state index contributed by atoms with van der Waals surface area (Å²) >= 11 is 0. The zero-order valence-electron chi connectivity index (χ0n) is 49.5. The van der Waals surface area contributed by atoms with Crippen molar-refractivity contribution in [3.63, 3.8) is 0 Å². The monoisotopic (exact) mass is 1160 g/mol. The van der Waals surface area contributed by atoms with Crippen molar-refractivity contribution in [1.82, 2.24) is 15.0 Å². The van der Waals surface area contributed by atoms with Gasteiger partial charge in [0.2, 0.25) is 0 Å². The summed E-state index contributed by atoms with van der Waals surface area (Å²) < 4.78 is 0. The fraction of sp³-hybridized carbons (Fsp3) is 0. The normalized spacial score (nSPS) is 12.3. The van der Waals surface area contributed by atoms with Gasteiger partial charge in [0.05, 0.1) is 0 Å². The molecule has 0 fully saturated rings. The summed E-state index contributed by atoms with van der Waals surface area (Å²) in [5.41, 5.74) is 21.5. The number of hydrogen-bond donors (Lipinski definition) is 0. The molecule has 0 amide bonds. The third kappa shape index (κ3) is 8.98. The summed E-state index contributed by atoms with van der Waals surface area (Å²) in [4.78, 5) is 22.2. The van der Waals surface area contributed by atoms with E-state index in [1.54, 1.807) is 0 Å². The van der Waals surface area contributed by atoms with Crippen molar-refractivity contribution in [2.45, 2.75) is 0 Å². The Bertz CT molecular complexity index is 5080. The average molecular weight is 1160 g/mol. The molecular formula is C85H54BN5. The number of nitrogens with zero attached hydrogens (tertiary/aromatic N) is 5. The molecule has 0 atom stereocenters. The second-order valence-electron chi connectivity index (χ2n) is 23.9. The summed E-state index contributed by atoms with van der Waals surface area (Å²) in [6, 6.07) is 119. The Hall–Kier alpha value is -12.0. The molecule has 0 saturated heterocycles. The smallest absolute Gasteiger partial charge is 0.252 e. The van der Waals surface area contributed by atoms with E-state index < -0.39 is 0 Å². The van der Waals surface area contributed by atoms with Gasteiger partial charge >= 0.3 is 0 Å². The van der Waals surface area contributed by atoms with Gasteiger partial charge in [0.1, 0.15) is 0 Å². The molecule has 0 unspecified atom stereocenters. The highest BCUT2D eigenvalue weighted by Gasteiger charge is 2.44. The van der Waals surface area contributed by atoms with Gasteiger partial charge < -0.3 is 9.80 Å². The summed E-state index contributed by atoms with van der Waals surface area (Å²) in [5, 5.41) is 9.67. The van der Waals surface area contributed by atoms with E-state index in [4.69, 9.17) is 15.0 Å². The van der Waals surface area contributed by atoms with Gasteiger partial charge in [-0.2, -0.15) is 0 Å². The van der Waals surface area contributed by atoms with Crippen molar-refractivity contribution in [1.29, 1.82) is 0 Å². The Morgan fingerprint density at radius 2 is 0.505 bits per heavy atom. The van der Waals surface area contributed by atoms with Gasteiger partial charge in [-0.3, -0.25) is 0 Å². The Balaban J connectivity index is 0.961. The molecule has 91 heavy (non-hydrogen) atoms. The first-order chi connectivity index (χ1) is 45.1. The van der Waals surface area contributed by atoms with E-state index in [9.17, 15) is 0 Å². The topological polar surface area (TPSA) is 45.2 Å². The molecule has 3 heterocycles. The van der Waals surface area contributed by atoms with Crippen LogP contribution in [0.15, 0.2) is 328 Å². The molecule has 0 aliphatic carbocycles. The van der Waals surface area contributed by atoms with Gasteiger partial charge in [-0.15, -0.1) is 0 Å². The molecular weight excluding hydrogens is 1100 g/mol. The zero-order valence-corrected chi connectivity index (χ0v) is 49.5. The van der Waals surface area contributed by atoms with Gasteiger partial charge in [-0.05, 0) is 189 Å². The SMILES string of the molecule is c1ccc(-c2cc(-c3ccccc3)cc(-c3nc(-c4cc(-c5ccccc5)cc(-c5ccccc5)c4)nc(-c4cc5c6c(c4)N(c4ccccc4)c4cc7c(ccc8ccccc87)cc4B6c4cc6ccc7ccccc7c6cc4N5c4ccccc4)n3)c2)cc1. The largest absolute Gasteiger partial charge is 0.311 e. The standard InChI is InChI=1S/C85H54BN5/c1-7-23-55(24-8-1)63-43-64(56-25-9-2-10-26-56)46-67(45-63)83-87-84(68-47-65(57-27-11-3-12-28-57)44-66(48-68)58-29-13-4-14-30-58)89-85(88-83)69-51-80-82-81(52-69)91(71-35-17-6-18-36-71)79-54-75-62(42-40-60-32-20-22-38-73(60)75)50-77(79)86(82)76-49-61-41-39-59-31-19-21-37-72(59)74(61)53-78(76)90(80)70-33-15-5-16-34-70/h1-54H. The summed E-state index contributed by atoms with van der Waals surface area (Å²) in [5.74, 6) is 1.69. The molecule has 5 nitrogen and oxygen atoms in total. The molecule has 15 aromatic carbocycles. The predicted molar refractivity (Wildman–Crippen MR) is 382 cm³/mol. The second-order valence-corrected chi connectivity index (χ2v) is 23.9. The Kier molecular flexibility index (Phi) is 12.3. The molecule has 2 aliphatic heterocycles. The summed E-state index contributed by atoms with van der Waals surface area (Å²) in [6.07, 6.45) is 0. The molecule has 0 saturated carbocycles. The minimum absolute atomic E-state index is 0.172. The molecule has 6 heteroatoms. The van der Waals surface area contributed by atoms with E-state index >= 15 is 0 Å². The van der Waals surface area contributed by atoms with E-state index in [0.717, 1.165) is 95.3 Å². The predicted octanol–water partition coefficient (Wildman–Crippen LogP) is 20.2. The maximum absolute atomic E-state index is 5.77. The van der Waals surface area contributed by atoms with Gasteiger partial charge in [0.15, 0.2) is 17.5 Å². The van der Waals surface area contributed by atoms with Crippen LogP contribution < -0.4 is 26.2 Å². The van der Waals surface area contributed by atoms with Crippen LogP contribution in [-0.4, -0.2) is 21.7 Å². The lowest BCUT2D eigenvalue weighted by Crippen LogP contribution is -2.61. The maximum Gasteiger partial charge on any atom is 0.252 e. The summed E-state index contributed by atoms with van der Waals surface area (Å²) in [7, 11) is 0. The highest BCUT2D eigenvalue weighted by atomic mass is 15.2. The van der Waals surface area contributed by atoms with Crippen molar-refractivity contribution < 1.29 is 0 Å². The molecule has 422 valence electrons. The molecule has 0 bridgehead atoms. The van der Waals surface area contributed by atoms with Crippen LogP contribution in [0.4, 0.5) is 34.1 Å². The minimum Gasteiger partial charge on any atom is -0.311 e. The van der Waals surface area contributed by atoms with Crippen LogP contribution in [0.2, 0.25) is 0 Å². The van der Waals surface area contributed by atoms with Gasteiger partial charge in [-0.25, -0.2) is 15.0 Å². The van der Waals surface area contributed by atoms with Gasteiger partial charge in [0.25, 0.3) is 6.71 Å². The first kappa shape index (κ1) is 52.2. The number of hydrogen-bond acceptors (Lipinski definition) is 5. The number of para-hydroxylation sites is 2. The van der Waals surface area contributed by atoms with Gasteiger partial charge in [0, 0.05) is 50.8 Å². The molecule has 18 rings (SSSR count). The molecule has 0 radical (unpaired) electrons. The molecule has 0 spiro atoms. The number of benzene rings is 15. The highest BCUT2D eigenvalue weighted by Crippen LogP contribution is 2.48.